The molecular formula is C51H85FIN5O13. The fraction of sp³-hybridized carbons (Fsp3) is 0.824. The largest absolute Gasteiger partial charge is 0.459 e. The van der Waals surface area contributed by atoms with E-state index in [0.29, 0.717) is 31.6 Å². The van der Waals surface area contributed by atoms with Gasteiger partial charge in [-0.2, -0.15) is 0 Å². The number of aliphatic hydroxyl groups excluding tert-OH is 3. The number of hydrogen-bond acceptors (Lipinski definition) is 17. The van der Waals surface area contributed by atoms with Gasteiger partial charge in [-0.25, -0.2) is 9.07 Å². The molecule has 71 heavy (non-hydrogen) atoms. The van der Waals surface area contributed by atoms with E-state index >= 15 is 0 Å². The molecule has 3 fully saturated rings. The summed E-state index contributed by atoms with van der Waals surface area (Å²) in [6, 6.07) is 5.90. The first-order valence-electron chi connectivity index (χ1n) is 25.2. The van der Waals surface area contributed by atoms with Gasteiger partial charge >= 0.3 is 5.97 Å². The van der Waals surface area contributed by atoms with E-state index in [9.17, 15) is 34.7 Å². The highest BCUT2D eigenvalue weighted by atomic mass is 127. The quantitative estimate of drug-likeness (QED) is 0.122. The second-order valence-corrected chi connectivity index (χ2v) is 22.8. The van der Waals surface area contributed by atoms with Crippen LogP contribution in [0.5, 0.6) is 0 Å². The number of carbonyl (C=O) groups excluding carboxylic acids is 1. The van der Waals surface area contributed by atoms with Gasteiger partial charge in [-0.3, -0.25) is 4.79 Å². The van der Waals surface area contributed by atoms with E-state index in [1.54, 1.807) is 61.8 Å². The van der Waals surface area contributed by atoms with Crippen molar-refractivity contribution in [2.24, 2.45) is 17.8 Å². The lowest BCUT2D eigenvalue weighted by molar-refractivity contribution is -0.318. The summed E-state index contributed by atoms with van der Waals surface area (Å²) < 4.78 is 61.2. The Hall–Kier alpha value is -2.03. The van der Waals surface area contributed by atoms with Crippen LogP contribution in [0.1, 0.15) is 118 Å². The second-order valence-electron chi connectivity index (χ2n) is 21.6. The Morgan fingerprint density at radius 2 is 1.65 bits per heavy atom. The molecule has 0 amide bonds. The normalized spacial score (nSPS) is 40.4. The third-order valence-electron chi connectivity index (χ3n) is 15.7. The monoisotopic (exact) mass is 1120 g/mol. The summed E-state index contributed by atoms with van der Waals surface area (Å²) >= 11 is 2.22. The minimum absolute atomic E-state index is 0.0885. The second kappa shape index (κ2) is 25.2. The van der Waals surface area contributed by atoms with Crippen LogP contribution in [0.25, 0.3) is 0 Å². The number of carbonyl (C=O) groups is 1. The molecule has 3 aliphatic heterocycles. The summed E-state index contributed by atoms with van der Waals surface area (Å²) in [7, 11) is 6.76. The number of esters is 1. The Bertz CT molecular complexity index is 1970. The van der Waals surface area contributed by atoms with Crippen LogP contribution in [0.15, 0.2) is 30.5 Å². The molecule has 0 radical (unpaired) electrons. The number of cyclic esters (lactones) is 1. The molecule has 3 aliphatic rings. The van der Waals surface area contributed by atoms with Gasteiger partial charge in [0.1, 0.15) is 48.8 Å². The van der Waals surface area contributed by atoms with E-state index in [0.717, 1.165) is 9.13 Å². The summed E-state index contributed by atoms with van der Waals surface area (Å²) in [5, 5.41) is 68.4. The highest BCUT2D eigenvalue weighted by molar-refractivity contribution is 14.1. The van der Waals surface area contributed by atoms with Gasteiger partial charge < -0.3 is 68.5 Å². The Morgan fingerprint density at radius 1 is 0.986 bits per heavy atom. The van der Waals surface area contributed by atoms with Crippen LogP contribution < -0.4 is 0 Å². The van der Waals surface area contributed by atoms with Crippen molar-refractivity contribution < 1.29 is 67.9 Å². The molecule has 0 saturated carbocycles. The highest BCUT2D eigenvalue weighted by Crippen LogP contribution is 2.40. The SMILES string of the molecule is CC[C@H]1OC(=O)[C@H](C)[C@@H](O[C@H]2C[C@@](C)(OC)[C@@H](O)[C@H](C)O2)[C@H](C)[C@@H](O[C@@H]2O[C@H](C)C[C@H](N(C)CCc3cn([C@H](CF)[C@H](OC)c4ccc(I)cc4)nn3)[C@H]2O)[C@](C)(O)C[C@@H](C)CN(C)[C@H](C)[C@@H](O)[C@]1(C)O. The average molecular weight is 1120 g/mol. The van der Waals surface area contributed by atoms with Crippen molar-refractivity contribution in [2.45, 2.75) is 204 Å². The number of ether oxygens (including phenoxy) is 7. The third kappa shape index (κ3) is 14.1. The molecule has 5 N–H and O–H groups in total. The number of aliphatic hydroxyl groups is 5. The van der Waals surface area contributed by atoms with Gasteiger partial charge in [0.15, 0.2) is 12.6 Å². The van der Waals surface area contributed by atoms with Crippen molar-refractivity contribution in [3.63, 3.8) is 0 Å². The lowest BCUT2D eigenvalue weighted by Gasteiger charge is -2.49. The van der Waals surface area contributed by atoms with Crippen molar-refractivity contribution in [1.29, 1.82) is 0 Å². The Morgan fingerprint density at radius 3 is 2.25 bits per heavy atom. The maximum Gasteiger partial charge on any atom is 0.311 e. The first kappa shape index (κ1) is 59.8. The molecule has 406 valence electrons. The zero-order chi connectivity index (χ0) is 52.9. The van der Waals surface area contributed by atoms with Gasteiger partial charge in [0.05, 0.1) is 47.2 Å². The van der Waals surface area contributed by atoms with E-state index in [-0.39, 0.29) is 25.2 Å². The number of alkyl halides is 1. The van der Waals surface area contributed by atoms with Crippen molar-refractivity contribution in [3.05, 3.63) is 45.3 Å². The van der Waals surface area contributed by atoms with Crippen LogP contribution in [-0.2, 0) is 44.4 Å². The molecule has 0 spiro atoms. The van der Waals surface area contributed by atoms with Crippen molar-refractivity contribution >= 4 is 28.6 Å². The van der Waals surface area contributed by atoms with Crippen molar-refractivity contribution in [3.8, 4) is 0 Å². The smallest absolute Gasteiger partial charge is 0.311 e. The number of methoxy groups -OCH3 is 2. The minimum Gasteiger partial charge on any atom is -0.459 e. The van der Waals surface area contributed by atoms with E-state index in [1.807, 2.05) is 62.0 Å². The molecule has 1 aromatic carbocycles. The molecule has 0 bridgehead atoms. The first-order chi connectivity index (χ1) is 33.2. The predicted octanol–water partition coefficient (Wildman–Crippen LogP) is 4.61. The number of halogens is 2. The minimum atomic E-state index is -1.85. The Balaban J connectivity index is 1.45. The molecule has 1 aromatic heterocycles. The zero-order valence-electron chi connectivity index (χ0n) is 44.4. The molecule has 18 nitrogen and oxygen atoms in total. The predicted molar refractivity (Wildman–Crippen MR) is 271 cm³/mol. The average Bonchev–Trinajstić information content (AvgIpc) is 3.79. The Labute approximate surface area is 434 Å². The van der Waals surface area contributed by atoms with E-state index in [4.69, 9.17) is 33.2 Å². The molecule has 3 saturated heterocycles. The number of rotatable bonds is 15. The molecule has 20 heteroatoms. The maximum atomic E-state index is 14.7. The van der Waals surface area contributed by atoms with Gasteiger partial charge in [0.25, 0.3) is 0 Å². The summed E-state index contributed by atoms with van der Waals surface area (Å²) in [6.45, 7) is 17.6. The van der Waals surface area contributed by atoms with Crippen LogP contribution >= 0.6 is 22.6 Å². The van der Waals surface area contributed by atoms with Crippen LogP contribution in [0.4, 0.5) is 4.39 Å². The summed E-state index contributed by atoms with van der Waals surface area (Å²) in [5.74, 6) is -2.85. The van der Waals surface area contributed by atoms with Gasteiger partial charge in [-0.15, -0.1) is 5.10 Å². The number of nitrogens with zero attached hydrogens (tertiary/aromatic N) is 5. The fourth-order valence-electron chi connectivity index (χ4n) is 11.2. The topological polar surface area (TPSA) is 220 Å². The number of aromatic nitrogens is 3. The van der Waals surface area contributed by atoms with Crippen molar-refractivity contribution in [2.75, 3.05) is 48.1 Å². The molecule has 0 unspecified atom stereocenters. The first-order valence-corrected chi connectivity index (χ1v) is 26.3. The van der Waals surface area contributed by atoms with Crippen LogP contribution in [0.3, 0.4) is 0 Å². The Kier molecular flexibility index (Phi) is 21.2. The summed E-state index contributed by atoms with van der Waals surface area (Å²) in [4.78, 5) is 18.4. The zero-order valence-corrected chi connectivity index (χ0v) is 46.5. The molecule has 2 aromatic rings. The summed E-state index contributed by atoms with van der Waals surface area (Å²) in [6.07, 6.45) is -7.80. The molecule has 0 aliphatic carbocycles. The van der Waals surface area contributed by atoms with Crippen LogP contribution in [0.2, 0.25) is 0 Å². The van der Waals surface area contributed by atoms with Crippen molar-refractivity contribution in [1.82, 2.24) is 24.8 Å². The van der Waals surface area contributed by atoms with Gasteiger partial charge in [0, 0.05) is 67.9 Å². The highest BCUT2D eigenvalue weighted by Gasteiger charge is 2.53. The molecular weight excluding hydrogens is 1040 g/mol. The van der Waals surface area contributed by atoms with Gasteiger partial charge in [0.2, 0.25) is 0 Å². The number of hydrogen-bond donors (Lipinski definition) is 5. The van der Waals surface area contributed by atoms with Gasteiger partial charge in [-0.1, -0.05) is 38.1 Å². The standard InChI is InChI=1S/C51H85FIN5O13/c1-15-39-51(10,64)44(60)32(6)57(12)26-28(2)23-49(8,63)46(30(4)42(31(5)47(62)69-39)70-40-24-50(9,66-14)45(61)33(7)68-40)71-48-41(59)37(22-29(3)67-48)56(11)21-20-36-27-58(55-54-36)38(25-52)43(65-13)34-16-18-35(53)19-17-34/h16-19,27-33,37-46,48,59-61,63-64H,15,20-26H2,1-14H3/t28-,29-,30+,31-,32-,33+,37+,38-,39-,40+,41-,42+,43-,44-,45+,46-,48+,49-,50-,51-/m1/s1. The van der Waals surface area contributed by atoms with E-state index in [2.05, 4.69) is 32.9 Å². The van der Waals surface area contributed by atoms with Crippen LogP contribution in [0, 0.1) is 21.3 Å². The lowest BCUT2D eigenvalue weighted by Crippen LogP contribution is -2.61. The molecule has 20 atom stereocenters. The lowest BCUT2D eigenvalue weighted by atomic mass is 9.77. The van der Waals surface area contributed by atoms with Crippen LogP contribution in [-0.4, -0.2) is 195 Å². The summed E-state index contributed by atoms with van der Waals surface area (Å²) in [5.41, 5.74) is -3.13. The van der Waals surface area contributed by atoms with E-state index in [1.165, 1.54) is 18.7 Å². The number of benzene rings is 1. The van der Waals surface area contributed by atoms with E-state index < -0.39 is 127 Å². The maximum absolute atomic E-state index is 14.7. The van der Waals surface area contributed by atoms with Gasteiger partial charge in [-0.05, 0) is 128 Å². The molecule has 5 rings (SSSR count). The number of likely N-dealkylation sites (N-methyl/N-ethyl adjacent to an activating group) is 2. The fourth-order valence-corrected chi connectivity index (χ4v) is 11.5. The molecule has 4 heterocycles. The third-order valence-corrected chi connectivity index (χ3v) is 16.4.